The molecule has 6 nitrogen and oxygen atoms in total. The summed E-state index contributed by atoms with van der Waals surface area (Å²) in [4.78, 5) is 19.4. The Balaban J connectivity index is 1.47. The van der Waals surface area contributed by atoms with Crippen LogP contribution in [0.25, 0.3) is 0 Å². The van der Waals surface area contributed by atoms with E-state index in [2.05, 4.69) is 28.6 Å². The van der Waals surface area contributed by atoms with E-state index in [4.69, 9.17) is 9.47 Å². The van der Waals surface area contributed by atoms with Crippen molar-refractivity contribution in [2.45, 2.75) is 19.4 Å². The molecule has 0 unspecified atom stereocenters. The van der Waals surface area contributed by atoms with Crippen molar-refractivity contribution in [3.63, 3.8) is 0 Å². The molecule has 1 saturated heterocycles. The standard InChI is InChI=1S/C23H25N3O3/c1-16-12-24-22(26(16)13-17-7-5-4-6-8-17)18-14-25(15-18)23(27)20-10-9-19(28-2)11-21(20)29-3/h4-12,18H,13-15H2,1-3H3. The predicted octanol–water partition coefficient (Wildman–Crippen LogP) is 3.50. The number of ether oxygens (including phenoxy) is 2. The third-order valence-corrected chi connectivity index (χ3v) is 5.44. The summed E-state index contributed by atoms with van der Waals surface area (Å²) in [5, 5.41) is 0. The van der Waals surface area contributed by atoms with E-state index < -0.39 is 0 Å². The molecule has 1 aliphatic heterocycles. The third-order valence-electron chi connectivity index (χ3n) is 5.44. The first kappa shape index (κ1) is 19.1. The third kappa shape index (κ3) is 3.70. The number of hydrogen-bond donors (Lipinski definition) is 0. The number of benzene rings is 2. The Kier molecular flexibility index (Phi) is 5.25. The Labute approximate surface area is 170 Å². The van der Waals surface area contributed by atoms with Crippen molar-refractivity contribution in [3.8, 4) is 11.5 Å². The number of amides is 1. The number of aromatic nitrogens is 2. The minimum Gasteiger partial charge on any atom is -0.497 e. The number of methoxy groups -OCH3 is 2. The summed E-state index contributed by atoms with van der Waals surface area (Å²) in [6, 6.07) is 15.6. The summed E-state index contributed by atoms with van der Waals surface area (Å²) < 4.78 is 12.8. The van der Waals surface area contributed by atoms with Gasteiger partial charge in [0.1, 0.15) is 17.3 Å². The molecule has 1 amide bonds. The fourth-order valence-corrected chi connectivity index (χ4v) is 3.73. The molecule has 2 aromatic carbocycles. The first-order chi connectivity index (χ1) is 14.1. The monoisotopic (exact) mass is 391 g/mol. The molecule has 6 heteroatoms. The predicted molar refractivity (Wildman–Crippen MR) is 111 cm³/mol. The first-order valence-electron chi connectivity index (χ1n) is 9.68. The van der Waals surface area contributed by atoms with Gasteiger partial charge in [-0.05, 0) is 24.6 Å². The van der Waals surface area contributed by atoms with Crippen LogP contribution in [0, 0.1) is 6.92 Å². The summed E-state index contributed by atoms with van der Waals surface area (Å²) >= 11 is 0. The number of hydrogen-bond acceptors (Lipinski definition) is 4. The summed E-state index contributed by atoms with van der Waals surface area (Å²) in [6.07, 6.45) is 1.91. The summed E-state index contributed by atoms with van der Waals surface area (Å²) in [6.45, 7) is 4.17. The van der Waals surface area contributed by atoms with Gasteiger partial charge in [0.15, 0.2) is 0 Å². The van der Waals surface area contributed by atoms with Crippen molar-refractivity contribution >= 4 is 5.91 Å². The smallest absolute Gasteiger partial charge is 0.257 e. The Morgan fingerprint density at radius 2 is 1.86 bits per heavy atom. The van der Waals surface area contributed by atoms with Crippen molar-refractivity contribution in [3.05, 3.63) is 77.4 Å². The number of carbonyl (C=O) groups is 1. The van der Waals surface area contributed by atoms with Crippen LogP contribution in [0.5, 0.6) is 11.5 Å². The average Bonchev–Trinajstić information content (AvgIpc) is 3.07. The highest BCUT2D eigenvalue weighted by atomic mass is 16.5. The number of nitrogens with zero attached hydrogens (tertiary/aromatic N) is 3. The quantitative estimate of drug-likeness (QED) is 0.645. The van der Waals surface area contributed by atoms with Gasteiger partial charge >= 0.3 is 0 Å². The zero-order valence-electron chi connectivity index (χ0n) is 17.0. The lowest BCUT2D eigenvalue weighted by Gasteiger charge is -2.39. The summed E-state index contributed by atoms with van der Waals surface area (Å²) in [5.41, 5.74) is 2.92. The number of carbonyl (C=O) groups excluding carboxylic acids is 1. The molecule has 0 atom stereocenters. The minimum atomic E-state index is -0.0290. The second-order valence-corrected chi connectivity index (χ2v) is 7.30. The van der Waals surface area contributed by atoms with Crippen molar-refractivity contribution in [1.29, 1.82) is 0 Å². The zero-order chi connectivity index (χ0) is 20.4. The van der Waals surface area contributed by atoms with Gasteiger partial charge in [-0.1, -0.05) is 30.3 Å². The highest BCUT2D eigenvalue weighted by molar-refractivity contribution is 5.97. The van der Waals surface area contributed by atoms with Crippen LogP contribution in [-0.2, 0) is 6.54 Å². The molecule has 1 aromatic heterocycles. The van der Waals surface area contributed by atoms with Gasteiger partial charge in [-0.15, -0.1) is 0 Å². The van der Waals surface area contributed by atoms with Gasteiger partial charge in [0, 0.05) is 37.6 Å². The number of likely N-dealkylation sites (tertiary alicyclic amines) is 1. The van der Waals surface area contributed by atoms with Crippen LogP contribution < -0.4 is 9.47 Å². The van der Waals surface area contributed by atoms with Crippen LogP contribution >= 0.6 is 0 Å². The lowest BCUT2D eigenvalue weighted by atomic mass is 9.97. The molecular formula is C23H25N3O3. The van der Waals surface area contributed by atoms with Gasteiger partial charge < -0.3 is 18.9 Å². The van der Waals surface area contributed by atoms with E-state index in [-0.39, 0.29) is 11.8 Å². The largest absolute Gasteiger partial charge is 0.497 e. The Bertz CT molecular complexity index is 1010. The maximum absolute atomic E-state index is 12.9. The van der Waals surface area contributed by atoms with E-state index in [0.29, 0.717) is 30.2 Å². The Morgan fingerprint density at radius 1 is 1.10 bits per heavy atom. The number of aryl methyl sites for hydroxylation is 1. The topological polar surface area (TPSA) is 56.6 Å². The van der Waals surface area contributed by atoms with Gasteiger partial charge in [-0.3, -0.25) is 4.79 Å². The SMILES string of the molecule is COc1ccc(C(=O)N2CC(c3ncc(C)n3Cc3ccccc3)C2)c(OC)c1. The lowest BCUT2D eigenvalue weighted by molar-refractivity contribution is 0.0588. The molecule has 1 fully saturated rings. The fourth-order valence-electron chi connectivity index (χ4n) is 3.73. The molecule has 0 bridgehead atoms. The van der Waals surface area contributed by atoms with Gasteiger partial charge in [-0.2, -0.15) is 0 Å². The summed E-state index contributed by atoms with van der Waals surface area (Å²) in [7, 11) is 3.16. The van der Waals surface area contributed by atoms with Crippen LogP contribution in [0.15, 0.2) is 54.7 Å². The Hall–Kier alpha value is -3.28. The Morgan fingerprint density at radius 3 is 2.55 bits per heavy atom. The fraction of sp³-hybridized carbons (Fsp3) is 0.304. The van der Waals surface area contributed by atoms with Crippen LogP contribution in [0.1, 0.15) is 33.4 Å². The molecule has 4 rings (SSSR count). The molecule has 0 spiro atoms. The summed E-state index contributed by atoms with van der Waals surface area (Å²) in [5.74, 6) is 2.44. The molecule has 0 saturated carbocycles. The first-order valence-corrected chi connectivity index (χ1v) is 9.68. The average molecular weight is 391 g/mol. The van der Waals surface area contributed by atoms with E-state index >= 15 is 0 Å². The second-order valence-electron chi connectivity index (χ2n) is 7.30. The molecule has 0 N–H and O–H groups in total. The van der Waals surface area contributed by atoms with Crippen LogP contribution in [0.4, 0.5) is 0 Å². The molecule has 1 aliphatic rings. The van der Waals surface area contributed by atoms with Crippen molar-refractivity contribution in [2.24, 2.45) is 0 Å². The van der Waals surface area contributed by atoms with Gasteiger partial charge in [-0.25, -0.2) is 4.98 Å². The molecule has 29 heavy (non-hydrogen) atoms. The van der Waals surface area contributed by atoms with Crippen molar-refractivity contribution in [1.82, 2.24) is 14.5 Å². The zero-order valence-corrected chi connectivity index (χ0v) is 17.0. The van der Waals surface area contributed by atoms with E-state index in [1.807, 2.05) is 29.3 Å². The van der Waals surface area contributed by atoms with Crippen LogP contribution in [0.3, 0.4) is 0 Å². The van der Waals surface area contributed by atoms with E-state index in [1.54, 1.807) is 32.4 Å². The molecule has 2 heterocycles. The molecule has 150 valence electrons. The normalized spacial score (nSPS) is 13.8. The number of rotatable bonds is 6. The van der Waals surface area contributed by atoms with E-state index in [1.165, 1.54) is 5.56 Å². The molecule has 0 aliphatic carbocycles. The number of imidazole rings is 1. The maximum atomic E-state index is 12.9. The minimum absolute atomic E-state index is 0.0290. The second kappa shape index (κ2) is 7.99. The van der Waals surface area contributed by atoms with Gasteiger partial charge in [0.25, 0.3) is 5.91 Å². The molecule has 3 aromatic rings. The van der Waals surface area contributed by atoms with Crippen molar-refractivity contribution in [2.75, 3.05) is 27.3 Å². The van der Waals surface area contributed by atoms with E-state index in [9.17, 15) is 4.79 Å². The highest BCUT2D eigenvalue weighted by Crippen LogP contribution is 2.32. The molecular weight excluding hydrogens is 366 g/mol. The van der Waals surface area contributed by atoms with Crippen LogP contribution in [-0.4, -0.2) is 47.7 Å². The van der Waals surface area contributed by atoms with Crippen molar-refractivity contribution < 1.29 is 14.3 Å². The molecule has 0 radical (unpaired) electrons. The lowest BCUT2D eigenvalue weighted by Crippen LogP contribution is -2.49. The van der Waals surface area contributed by atoms with Crippen LogP contribution in [0.2, 0.25) is 0 Å². The van der Waals surface area contributed by atoms with Gasteiger partial charge in [0.05, 0.1) is 25.7 Å². The maximum Gasteiger partial charge on any atom is 0.257 e. The highest BCUT2D eigenvalue weighted by Gasteiger charge is 2.36. The van der Waals surface area contributed by atoms with E-state index in [0.717, 1.165) is 18.1 Å². The van der Waals surface area contributed by atoms with Gasteiger partial charge in [0.2, 0.25) is 0 Å².